The number of para-hydroxylation sites is 1. The maximum Gasteiger partial charge on any atom is 0.347 e. The molecular weight excluding hydrogens is 264 g/mol. The third kappa shape index (κ3) is 5.38. The van der Waals surface area contributed by atoms with Crippen LogP contribution < -0.4 is 15.8 Å². The molecule has 0 fully saturated rings. The van der Waals surface area contributed by atoms with E-state index in [1.807, 2.05) is 6.07 Å². The van der Waals surface area contributed by atoms with Gasteiger partial charge in [-0.05, 0) is 18.6 Å². The monoisotopic (exact) mass is 280 g/mol. The number of carbonyl (C=O) groups excluding carboxylic acids is 3. The van der Waals surface area contributed by atoms with Gasteiger partial charge in [-0.1, -0.05) is 25.1 Å². The minimum atomic E-state index is -1.00. The average molecular weight is 280 g/mol. The molecule has 1 atom stereocenters. The number of primary amides is 1. The first-order valence-corrected chi connectivity index (χ1v) is 6.00. The van der Waals surface area contributed by atoms with Crippen molar-refractivity contribution in [3.63, 3.8) is 0 Å². The third-order valence-electron chi connectivity index (χ3n) is 2.26. The van der Waals surface area contributed by atoms with Crippen molar-refractivity contribution in [2.24, 2.45) is 5.73 Å². The molecule has 108 valence electrons. The fourth-order valence-electron chi connectivity index (χ4n) is 1.36. The molecule has 0 aromatic heterocycles. The predicted octanol–water partition coefficient (Wildman–Crippen LogP) is 0.582. The number of carbonyl (C=O) groups is 3. The van der Waals surface area contributed by atoms with E-state index in [1.165, 1.54) is 0 Å². The van der Waals surface area contributed by atoms with Gasteiger partial charge in [0.05, 0.1) is 0 Å². The van der Waals surface area contributed by atoms with E-state index in [-0.39, 0.29) is 0 Å². The number of nitrogens with one attached hydrogen (secondary N) is 1. The number of nitrogens with two attached hydrogens (primary N) is 1. The zero-order valence-electron chi connectivity index (χ0n) is 11.0. The van der Waals surface area contributed by atoms with Crippen LogP contribution in [0, 0.1) is 0 Å². The summed E-state index contributed by atoms with van der Waals surface area (Å²) in [5.41, 5.74) is 4.75. The lowest BCUT2D eigenvalue weighted by Crippen LogP contribution is -2.39. The Morgan fingerprint density at radius 1 is 1.25 bits per heavy atom. The Kier molecular flexibility index (Phi) is 6.02. The predicted molar refractivity (Wildman–Crippen MR) is 69.8 cm³/mol. The number of esters is 1. The van der Waals surface area contributed by atoms with Crippen molar-refractivity contribution in [1.29, 1.82) is 0 Å². The molecule has 1 aromatic rings. The summed E-state index contributed by atoms with van der Waals surface area (Å²) < 4.78 is 10.2. The lowest BCUT2D eigenvalue weighted by molar-refractivity contribution is -0.155. The molecule has 1 rings (SSSR count). The Balaban J connectivity index is 2.47. The molecule has 0 saturated heterocycles. The van der Waals surface area contributed by atoms with Crippen LogP contribution in [0.5, 0.6) is 5.75 Å². The Morgan fingerprint density at radius 2 is 1.90 bits per heavy atom. The number of rotatable bonds is 6. The number of hydrogen-bond donors (Lipinski definition) is 2. The second kappa shape index (κ2) is 7.78. The lowest BCUT2D eigenvalue weighted by Gasteiger charge is -2.16. The van der Waals surface area contributed by atoms with E-state index in [2.05, 4.69) is 0 Å². The van der Waals surface area contributed by atoms with Gasteiger partial charge in [0.15, 0.2) is 12.7 Å². The number of hydrogen-bond acceptors (Lipinski definition) is 5. The largest absolute Gasteiger partial charge is 0.479 e. The van der Waals surface area contributed by atoms with Gasteiger partial charge >= 0.3 is 12.0 Å². The van der Waals surface area contributed by atoms with E-state index in [0.717, 1.165) is 0 Å². The first-order chi connectivity index (χ1) is 9.52. The number of imide groups is 1. The van der Waals surface area contributed by atoms with Crippen molar-refractivity contribution in [3.8, 4) is 5.75 Å². The van der Waals surface area contributed by atoms with E-state index in [9.17, 15) is 14.4 Å². The number of amides is 3. The van der Waals surface area contributed by atoms with Gasteiger partial charge in [-0.15, -0.1) is 0 Å². The molecule has 0 aliphatic rings. The summed E-state index contributed by atoms with van der Waals surface area (Å²) in [7, 11) is 0. The van der Waals surface area contributed by atoms with Crippen molar-refractivity contribution < 1.29 is 23.9 Å². The highest BCUT2D eigenvalue weighted by atomic mass is 16.6. The van der Waals surface area contributed by atoms with Crippen molar-refractivity contribution in [2.45, 2.75) is 19.4 Å². The number of urea groups is 1. The van der Waals surface area contributed by atoms with E-state index >= 15 is 0 Å². The molecule has 0 spiro atoms. The number of benzene rings is 1. The molecule has 0 unspecified atom stereocenters. The summed E-state index contributed by atoms with van der Waals surface area (Å²) in [6, 6.07) is 7.77. The van der Waals surface area contributed by atoms with Crippen LogP contribution in [-0.4, -0.2) is 30.6 Å². The summed E-state index contributed by atoms with van der Waals surface area (Å²) in [5, 5.41) is 1.79. The van der Waals surface area contributed by atoms with Gasteiger partial charge in [-0.2, -0.15) is 0 Å². The van der Waals surface area contributed by atoms with Crippen molar-refractivity contribution in [3.05, 3.63) is 30.3 Å². The van der Waals surface area contributed by atoms with E-state index in [1.54, 1.807) is 36.5 Å². The summed E-state index contributed by atoms with van der Waals surface area (Å²) in [6.45, 7) is 1.16. The average Bonchev–Trinajstić information content (AvgIpc) is 2.42. The molecule has 20 heavy (non-hydrogen) atoms. The molecule has 0 bridgehead atoms. The SMILES string of the molecule is CC[C@H](Oc1ccccc1)C(=O)OCC(=O)NC(N)=O. The molecule has 0 aliphatic carbocycles. The Bertz CT molecular complexity index is 475. The van der Waals surface area contributed by atoms with E-state index < -0.39 is 30.6 Å². The highest BCUT2D eigenvalue weighted by Crippen LogP contribution is 2.13. The molecule has 7 nitrogen and oxygen atoms in total. The molecule has 1 aromatic carbocycles. The zero-order chi connectivity index (χ0) is 15.0. The van der Waals surface area contributed by atoms with Gasteiger partial charge in [0, 0.05) is 0 Å². The summed E-state index contributed by atoms with van der Waals surface area (Å²) in [5.74, 6) is -0.950. The smallest absolute Gasteiger partial charge is 0.347 e. The van der Waals surface area contributed by atoms with Crippen LogP contribution in [0.2, 0.25) is 0 Å². The second-order valence-electron chi connectivity index (χ2n) is 3.85. The summed E-state index contributed by atoms with van der Waals surface area (Å²) in [6.07, 6.45) is -0.440. The molecule has 0 radical (unpaired) electrons. The first kappa shape index (κ1) is 15.5. The lowest BCUT2D eigenvalue weighted by atomic mass is 10.2. The van der Waals surface area contributed by atoms with E-state index in [4.69, 9.17) is 15.2 Å². The Morgan fingerprint density at radius 3 is 2.45 bits per heavy atom. The Hall–Kier alpha value is -2.57. The molecule has 7 heteroatoms. The van der Waals surface area contributed by atoms with Crippen molar-refractivity contribution >= 4 is 17.9 Å². The van der Waals surface area contributed by atoms with Crippen LogP contribution in [-0.2, 0) is 14.3 Å². The second-order valence-corrected chi connectivity index (χ2v) is 3.85. The maximum atomic E-state index is 11.7. The molecular formula is C13H16N2O5. The standard InChI is InChI=1S/C13H16N2O5/c1-2-10(20-9-6-4-3-5-7-9)12(17)19-8-11(16)15-13(14)18/h3-7,10H,2,8H2,1H3,(H3,14,15,16,18)/t10-/m0/s1. The van der Waals surface area contributed by atoms with Crippen LogP contribution in [0.15, 0.2) is 30.3 Å². The van der Waals surface area contributed by atoms with Crippen molar-refractivity contribution in [2.75, 3.05) is 6.61 Å². The third-order valence-corrected chi connectivity index (χ3v) is 2.26. The van der Waals surface area contributed by atoms with Gasteiger partial charge in [-0.25, -0.2) is 9.59 Å². The summed E-state index contributed by atoms with van der Waals surface area (Å²) >= 11 is 0. The Labute approximate surface area is 116 Å². The van der Waals surface area contributed by atoms with Gasteiger partial charge in [0.1, 0.15) is 5.75 Å². The highest BCUT2D eigenvalue weighted by molar-refractivity contribution is 5.94. The number of ether oxygens (including phenoxy) is 2. The minimum absolute atomic E-state index is 0.380. The molecule has 0 aliphatic heterocycles. The maximum absolute atomic E-state index is 11.7. The fourth-order valence-corrected chi connectivity index (χ4v) is 1.36. The fraction of sp³-hybridized carbons (Fsp3) is 0.308. The zero-order valence-corrected chi connectivity index (χ0v) is 11.0. The van der Waals surface area contributed by atoms with Crippen LogP contribution in [0.1, 0.15) is 13.3 Å². The van der Waals surface area contributed by atoms with Gasteiger partial charge < -0.3 is 15.2 Å². The molecule has 0 saturated carbocycles. The van der Waals surface area contributed by atoms with Gasteiger partial charge in [-0.3, -0.25) is 10.1 Å². The van der Waals surface area contributed by atoms with Crippen LogP contribution in [0.4, 0.5) is 4.79 Å². The van der Waals surface area contributed by atoms with Crippen LogP contribution in [0.3, 0.4) is 0 Å². The molecule has 0 heterocycles. The molecule has 3 N–H and O–H groups in total. The first-order valence-electron chi connectivity index (χ1n) is 6.00. The molecule has 3 amide bonds. The highest BCUT2D eigenvalue weighted by Gasteiger charge is 2.21. The quantitative estimate of drug-likeness (QED) is 0.741. The van der Waals surface area contributed by atoms with Gasteiger partial charge in [0.2, 0.25) is 0 Å². The van der Waals surface area contributed by atoms with Crippen molar-refractivity contribution in [1.82, 2.24) is 5.32 Å². The van der Waals surface area contributed by atoms with Crippen LogP contribution >= 0.6 is 0 Å². The normalized spacial score (nSPS) is 11.2. The topological polar surface area (TPSA) is 108 Å². The van der Waals surface area contributed by atoms with Crippen LogP contribution in [0.25, 0.3) is 0 Å². The van der Waals surface area contributed by atoms with Gasteiger partial charge in [0.25, 0.3) is 5.91 Å². The van der Waals surface area contributed by atoms with E-state index in [0.29, 0.717) is 12.2 Å². The minimum Gasteiger partial charge on any atom is -0.479 e. The summed E-state index contributed by atoms with van der Waals surface area (Å²) in [4.78, 5) is 33.2.